The van der Waals surface area contributed by atoms with Crippen molar-refractivity contribution in [3.63, 3.8) is 0 Å². The summed E-state index contributed by atoms with van der Waals surface area (Å²) in [5.74, 6) is -0.177. The number of aromatic nitrogens is 2. The number of alkyl halides is 6. The second-order valence-corrected chi connectivity index (χ2v) is 11.5. The minimum Gasteiger partial charge on any atom is -0.378 e. The molecule has 0 saturated heterocycles. The SMILES string of the molecule is O=C(C(O)c1cccc(-c2cc(C(F)(F)F)cc(C(F)(F)F)c2)c1)N1CCCc2nc(C3(c4ccccc4)CC3)[nH]c(=O)c2C1. The number of hydrogen-bond acceptors (Lipinski definition) is 4. The molecular formula is C33H27F6N3O3. The molecule has 2 N–H and O–H groups in total. The van der Waals surface area contributed by atoms with E-state index in [2.05, 4.69) is 4.98 Å². The van der Waals surface area contributed by atoms with Gasteiger partial charge in [-0.05, 0) is 72.2 Å². The van der Waals surface area contributed by atoms with Gasteiger partial charge in [-0.2, -0.15) is 26.3 Å². The third-order valence-corrected chi connectivity index (χ3v) is 8.49. The molecule has 4 aromatic rings. The number of halogens is 6. The van der Waals surface area contributed by atoms with Gasteiger partial charge in [0.2, 0.25) is 0 Å². The smallest absolute Gasteiger partial charge is 0.378 e. The number of nitrogens with zero attached hydrogens (tertiary/aromatic N) is 2. The van der Waals surface area contributed by atoms with Crippen LogP contribution in [0.3, 0.4) is 0 Å². The van der Waals surface area contributed by atoms with Gasteiger partial charge in [0.25, 0.3) is 11.5 Å². The van der Waals surface area contributed by atoms with Crippen molar-refractivity contribution in [3.05, 3.63) is 122 Å². The van der Waals surface area contributed by atoms with Crippen LogP contribution in [-0.2, 0) is 35.5 Å². The number of carbonyl (C=O) groups is 1. The summed E-state index contributed by atoms with van der Waals surface area (Å²) in [5, 5.41) is 11.0. The van der Waals surface area contributed by atoms with Crippen molar-refractivity contribution in [2.75, 3.05) is 6.54 Å². The van der Waals surface area contributed by atoms with E-state index in [4.69, 9.17) is 4.98 Å². The lowest BCUT2D eigenvalue weighted by atomic mass is 9.94. The zero-order chi connectivity index (χ0) is 32.1. The van der Waals surface area contributed by atoms with Crippen molar-refractivity contribution in [2.24, 2.45) is 0 Å². The van der Waals surface area contributed by atoms with Crippen LogP contribution in [0.25, 0.3) is 11.1 Å². The van der Waals surface area contributed by atoms with Crippen LogP contribution in [0.15, 0.2) is 77.6 Å². The lowest BCUT2D eigenvalue weighted by Crippen LogP contribution is -2.36. The van der Waals surface area contributed by atoms with Crippen LogP contribution in [0.1, 0.15) is 64.7 Å². The molecular weight excluding hydrogens is 600 g/mol. The number of amides is 1. The zero-order valence-corrected chi connectivity index (χ0v) is 23.7. The number of nitrogens with one attached hydrogen (secondary N) is 1. The molecule has 0 radical (unpaired) electrons. The highest BCUT2D eigenvalue weighted by molar-refractivity contribution is 5.83. The molecule has 1 atom stereocenters. The fourth-order valence-corrected chi connectivity index (χ4v) is 5.91. The summed E-state index contributed by atoms with van der Waals surface area (Å²) < 4.78 is 80.5. The molecule has 2 heterocycles. The minimum absolute atomic E-state index is 0.0196. The van der Waals surface area contributed by atoms with E-state index >= 15 is 0 Å². The maximum absolute atomic E-state index is 13.5. The maximum Gasteiger partial charge on any atom is 0.416 e. The molecule has 0 bridgehead atoms. The Balaban J connectivity index is 1.26. The average Bonchev–Trinajstić information content (AvgIpc) is 3.85. The van der Waals surface area contributed by atoms with Gasteiger partial charge in [-0.3, -0.25) is 9.59 Å². The normalized spacial score (nSPS) is 16.9. The Morgan fingerprint density at radius 1 is 0.889 bits per heavy atom. The fourth-order valence-electron chi connectivity index (χ4n) is 5.91. The number of aromatic amines is 1. The van der Waals surface area contributed by atoms with Gasteiger partial charge in [-0.25, -0.2) is 4.98 Å². The molecule has 45 heavy (non-hydrogen) atoms. The summed E-state index contributed by atoms with van der Waals surface area (Å²) in [6, 6.07) is 16.2. The molecule has 12 heteroatoms. The van der Waals surface area contributed by atoms with Crippen molar-refractivity contribution in [2.45, 2.75) is 56.1 Å². The highest BCUT2D eigenvalue weighted by atomic mass is 19.4. The molecule has 1 fully saturated rings. The van der Waals surface area contributed by atoms with Gasteiger partial charge < -0.3 is 15.0 Å². The van der Waals surface area contributed by atoms with Crippen LogP contribution >= 0.6 is 0 Å². The number of fused-ring (bicyclic) bond motifs is 1. The topological polar surface area (TPSA) is 86.3 Å². The van der Waals surface area contributed by atoms with Crippen molar-refractivity contribution in [1.29, 1.82) is 0 Å². The average molecular weight is 628 g/mol. The van der Waals surface area contributed by atoms with E-state index in [0.29, 0.717) is 42.1 Å². The number of rotatable bonds is 5. The molecule has 2 aliphatic rings. The largest absolute Gasteiger partial charge is 0.416 e. The summed E-state index contributed by atoms with van der Waals surface area (Å²) >= 11 is 0. The Hall–Kier alpha value is -4.45. The monoisotopic (exact) mass is 627 g/mol. The number of aliphatic hydroxyl groups is 1. The molecule has 1 aliphatic carbocycles. The Morgan fingerprint density at radius 3 is 2.18 bits per heavy atom. The quantitative estimate of drug-likeness (QED) is 0.246. The maximum atomic E-state index is 13.5. The third kappa shape index (κ3) is 5.98. The van der Waals surface area contributed by atoms with Crippen LogP contribution < -0.4 is 5.56 Å². The number of aliphatic hydroxyl groups excluding tert-OH is 1. The summed E-state index contributed by atoms with van der Waals surface area (Å²) in [4.78, 5) is 35.8. The van der Waals surface area contributed by atoms with E-state index in [0.717, 1.165) is 18.4 Å². The van der Waals surface area contributed by atoms with Gasteiger partial charge >= 0.3 is 12.4 Å². The van der Waals surface area contributed by atoms with Crippen LogP contribution in [0.5, 0.6) is 0 Å². The summed E-state index contributed by atoms with van der Waals surface area (Å²) in [6.07, 6.45) is -9.26. The fraction of sp³-hybridized carbons (Fsp3) is 0.303. The van der Waals surface area contributed by atoms with E-state index in [1.165, 1.54) is 29.2 Å². The highest BCUT2D eigenvalue weighted by Crippen LogP contribution is 2.52. The first kappa shape index (κ1) is 30.6. The number of aryl methyl sites for hydroxylation is 1. The molecule has 234 valence electrons. The first-order valence-electron chi connectivity index (χ1n) is 14.3. The number of carbonyl (C=O) groups excluding carboxylic acids is 1. The van der Waals surface area contributed by atoms with E-state index in [-0.39, 0.29) is 46.8 Å². The minimum atomic E-state index is -5.03. The lowest BCUT2D eigenvalue weighted by molar-refractivity contribution is -0.143. The van der Waals surface area contributed by atoms with Crippen molar-refractivity contribution in [1.82, 2.24) is 14.9 Å². The van der Waals surface area contributed by atoms with Gasteiger partial charge in [-0.15, -0.1) is 0 Å². The molecule has 3 aromatic carbocycles. The Kier molecular flexibility index (Phi) is 7.59. The third-order valence-electron chi connectivity index (χ3n) is 8.49. The molecule has 1 saturated carbocycles. The molecule has 0 spiro atoms. The number of H-pyrrole nitrogens is 1. The Bertz CT molecular complexity index is 1780. The second-order valence-electron chi connectivity index (χ2n) is 11.5. The lowest BCUT2D eigenvalue weighted by Gasteiger charge is -2.24. The first-order valence-corrected chi connectivity index (χ1v) is 14.3. The van der Waals surface area contributed by atoms with Crippen LogP contribution in [0.2, 0.25) is 0 Å². The van der Waals surface area contributed by atoms with Gasteiger partial charge in [0, 0.05) is 6.54 Å². The van der Waals surface area contributed by atoms with Crippen molar-refractivity contribution < 1.29 is 36.2 Å². The molecule has 1 unspecified atom stereocenters. The van der Waals surface area contributed by atoms with E-state index < -0.39 is 35.5 Å². The van der Waals surface area contributed by atoms with E-state index in [1.54, 1.807) is 0 Å². The second kappa shape index (κ2) is 11.2. The van der Waals surface area contributed by atoms with Gasteiger partial charge in [0.05, 0.1) is 34.3 Å². The molecule has 1 aromatic heterocycles. The van der Waals surface area contributed by atoms with Gasteiger partial charge in [-0.1, -0.05) is 48.5 Å². The Labute approximate surface area is 253 Å². The zero-order valence-electron chi connectivity index (χ0n) is 23.7. The van der Waals surface area contributed by atoms with E-state index in [1.807, 2.05) is 30.3 Å². The summed E-state index contributed by atoms with van der Waals surface area (Å²) in [5.41, 5.74) is -2.19. The van der Waals surface area contributed by atoms with Crippen LogP contribution in [0, 0.1) is 0 Å². The predicted molar refractivity (Wildman–Crippen MR) is 152 cm³/mol. The first-order chi connectivity index (χ1) is 21.3. The standard InChI is InChI=1S/C33H27F6N3O3/c34-32(35,36)23-15-21(16-24(17-23)33(37,38)39)19-6-4-7-20(14-19)27(43)29(45)42-13-5-10-26-25(18-42)28(44)41-30(40-26)31(11-12-31)22-8-2-1-3-9-22/h1-4,6-9,14-17,27,43H,5,10-13,18H2,(H,40,41,44). The number of benzene rings is 3. The van der Waals surface area contributed by atoms with Crippen molar-refractivity contribution in [3.8, 4) is 11.1 Å². The molecule has 1 amide bonds. The number of hydrogen-bond donors (Lipinski definition) is 2. The van der Waals surface area contributed by atoms with Crippen LogP contribution in [0.4, 0.5) is 26.3 Å². The molecule has 6 nitrogen and oxygen atoms in total. The molecule has 1 aliphatic heterocycles. The van der Waals surface area contributed by atoms with Crippen LogP contribution in [-0.4, -0.2) is 32.4 Å². The summed E-state index contributed by atoms with van der Waals surface area (Å²) in [7, 11) is 0. The summed E-state index contributed by atoms with van der Waals surface area (Å²) in [6.45, 7) is 0.0849. The highest BCUT2D eigenvalue weighted by Gasteiger charge is 2.48. The predicted octanol–water partition coefficient (Wildman–Crippen LogP) is 6.56. The van der Waals surface area contributed by atoms with Gasteiger partial charge in [0.15, 0.2) is 6.10 Å². The van der Waals surface area contributed by atoms with E-state index in [9.17, 15) is 41.0 Å². The van der Waals surface area contributed by atoms with Gasteiger partial charge in [0.1, 0.15) is 5.82 Å². The molecule has 6 rings (SSSR count). The Morgan fingerprint density at radius 2 is 1.56 bits per heavy atom. The van der Waals surface area contributed by atoms with Crippen molar-refractivity contribution >= 4 is 5.91 Å².